The minimum atomic E-state index is -0.521. The lowest BCUT2D eigenvalue weighted by Crippen LogP contribution is -2.13. The number of nitrogens with zero attached hydrogens (tertiary/aromatic N) is 2. The zero-order valence-electron chi connectivity index (χ0n) is 13.3. The van der Waals surface area contributed by atoms with Gasteiger partial charge in [0.2, 0.25) is 0 Å². The Morgan fingerprint density at radius 1 is 1.04 bits per heavy atom. The summed E-state index contributed by atoms with van der Waals surface area (Å²) in [6.07, 6.45) is 0. The van der Waals surface area contributed by atoms with Crippen LogP contribution in [-0.4, -0.2) is 29.4 Å². The Morgan fingerprint density at radius 2 is 1.75 bits per heavy atom. The predicted octanol–water partition coefficient (Wildman–Crippen LogP) is 2.68. The molecule has 1 heterocycles. The third kappa shape index (κ3) is 3.07. The summed E-state index contributed by atoms with van der Waals surface area (Å²) in [6.45, 7) is 0. The number of hydrogen-bond donors (Lipinski definition) is 2. The Morgan fingerprint density at radius 3 is 2.42 bits per heavy atom. The Hall–Kier alpha value is -2.93. The maximum atomic E-state index is 13.0. The Balaban J connectivity index is 1.89. The number of benzene rings is 2. The van der Waals surface area contributed by atoms with Gasteiger partial charge in [0.15, 0.2) is 17.3 Å². The summed E-state index contributed by atoms with van der Waals surface area (Å²) in [5.74, 6) is 1.88. The first-order valence-corrected chi connectivity index (χ1v) is 7.28. The number of ether oxygens (including phenoxy) is 2. The molecule has 2 aromatic carbocycles. The second kappa shape index (κ2) is 6.67. The first kappa shape index (κ1) is 15.9. The number of halogens is 1. The lowest BCUT2D eigenvalue weighted by atomic mass is 10.1. The third-order valence-corrected chi connectivity index (χ3v) is 3.67. The second-order valence-electron chi connectivity index (χ2n) is 5.14. The Labute approximate surface area is 138 Å². The first-order valence-electron chi connectivity index (χ1n) is 7.28. The van der Waals surface area contributed by atoms with E-state index in [1.165, 1.54) is 12.1 Å². The van der Waals surface area contributed by atoms with Crippen molar-refractivity contribution in [1.82, 2.24) is 15.2 Å². The van der Waals surface area contributed by atoms with E-state index in [1.807, 2.05) is 6.07 Å². The predicted molar refractivity (Wildman–Crippen MR) is 87.4 cm³/mol. The lowest BCUT2D eigenvalue weighted by Gasteiger charge is -2.08. The van der Waals surface area contributed by atoms with E-state index < -0.39 is 6.04 Å². The fraction of sp³-hybridized carbons (Fsp3) is 0.176. The largest absolute Gasteiger partial charge is 0.493 e. The maximum Gasteiger partial charge on any atom is 0.181 e. The molecule has 124 valence electrons. The van der Waals surface area contributed by atoms with Gasteiger partial charge in [-0.1, -0.05) is 12.1 Å². The molecule has 0 amide bonds. The highest BCUT2D eigenvalue weighted by atomic mass is 19.1. The number of hydrogen-bond acceptors (Lipinski definition) is 5. The first-order chi connectivity index (χ1) is 11.6. The lowest BCUT2D eigenvalue weighted by molar-refractivity contribution is 0.355. The monoisotopic (exact) mass is 328 g/mol. The van der Waals surface area contributed by atoms with Gasteiger partial charge < -0.3 is 15.2 Å². The van der Waals surface area contributed by atoms with Crippen LogP contribution in [-0.2, 0) is 0 Å². The quantitative estimate of drug-likeness (QED) is 0.752. The van der Waals surface area contributed by atoms with Gasteiger partial charge in [-0.3, -0.25) is 5.10 Å². The van der Waals surface area contributed by atoms with Crippen LogP contribution in [0.1, 0.15) is 17.4 Å². The number of nitrogens with two attached hydrogens (primary N) is 1. The molecular formula is C17H17FN4O2. The van der Waals surface area contributed by atoms with Crippen molar-refractivity contribution >= 4 is 0 Å². The number of methoxy groups -OCH3 is 2. The van der Waals surface area contributed by atoms with Crippen LogP contribution >= 0.6 is 0 Å². The van der Waals surface area contributed by atoms with Crippen LogP contribution in [0.3, 0.4) is 0 Å². The van der Waals surface area contributed by atoms with Gasteiger partial charge in [-0.15, -0.1) is 0 Å². The van der Waals surface area contributed by atoms with E-state index in [0.717, 1.165) is 11.1 Å². The highest BCUT2D eigenvalue weighted by molar-refractivity contribution is 5.61. The van der Waals surface area contributed by atoms with E-state index in [0.29, 0.717) is 23.1 Å². The van der Waals surface area contributed by atoms with Crippen molar-refractivity contribution in [1.29, 1.82) is 0 Å². The standard InChI is InChI=1S/C17H17FN4O2/c1-23-13-8-5-11(9-14(13)24-2)16-20-17(22-21-16)15(19)10-3-6-12(18)7-4-10/h3-9,15H,19H2,1-2H3,(H,20,21,22)/t15-/m0/s1. The number of rotatable bonds is 5. The van der Waals surface area contributed by atoms with Crippen LogP contribution in [0.15, 0.2) is 42.5 Å². The number of H-pyrrole nitrogens is 1. The van der Waals surface area contributed by atoms with Gasteiger partial charge in [0.05, 0.1) is 20.3 Å². The fourth-order valence-electron chi connectivity index (χ4n) is 2.35. The van der Waals surface area contributed by atoms with Gasteiger partial charge in [0.1, 0.15) is 11.6 Å². The van der Waals surface area contributed by atoms with Crippen LogP contribution < -0.4 is 15.2 Å². The molecule has 0 aliphatic carbocycles. The molecule has 24 heavy (non-hydrogen) atoms. The molecule has 0 unspecified atom stereocenters. The molecule has 0 spiro atoms. The Bertz CT molecular complexity index is 833. The minimum Gasteiger partial charge on any atom is -0.493 e. The molecule has 0 aliphatic heterocycles. The van der Waals surface area contributed by atoms with E-state index in [1.54, 1.807) is 38.5 Å². The number of aromatic nitrogens is 3. The van der Waals surface area contributed by atoms with Crippen molar-refractivity contribution in [2.24, 2.45) is 5.73 Å². The highest BCUT2D eigenvalue weighted by Crippen LogP contribution is 2.31. The van der Waals surface area contributed by atoms with E-state index in [-0.39, 0.29) is 5.82 Å². The number of aromatic amines is 1. The van der Waals surface area contributed by atoms with Gasteiger partial charge in [0.25, 0.3) is 0 Å². The molecular weight excluding hydrogens is 311 g/mol. The van der Waals surface area contributed by atoms with Crippen molar-refractivity contribution in [3.63, 3.8) is 0 Å². The maximum absolute atomic E-state index is 13.0. The SMILES string of the molecule is COc1ccc(-c2n[nH]c([C@@H](N)c3ccc(F)cc3)n2)cc1OC. The van der Waals surface area contributed by atoms with Crippen molar-refractivity contribution < 1.29 is 13.9 Å². The molecule has 0 aliphatic rings. The van der Waals surface area contributed by atoms with Crippen molar-refractivity contribution in [2.45, 2.75) is 6.04 Å². The summed E-state index contributed by atoms with van der Waals surface area (Å²) >= 11 is 0. The van der Waals surface area contributed by atoms with E-state index in [4.69, 9.17) is 15.2 Å². The van der Waals surface area contributed by atoms with E-state index >= 15 is 0 Å². The van der Waals surface area contributed by atoms with Gasteiger partial charge in [-0.05, 0) is 35.9 Å². The summed E-state index contributed by atoms with van der Waals surface area (Å²) in [7, 11) is 3.14. The van der Waals surface area contributed by atoms with Crippen molar-refractivity contribution in [3.05, 3.63) is 59.7 Å². The summed E-state index contributed by atoms with van der Waals surface area (Å²) < 4.78 is 23.5. The van der Waals surface area contributed by atoms with E-state index in [9.17, 15) is 4.39 Å². The average molecular weight is 328 g/mol. The normalized spacial score (nSPS) is 12.0. The fourth-order valence-corrected chi connectivity index (χ4v) is 2.35. The molecule has 1 atom stereocenters. The minimum absolute atomic E-state index is 0.311. The Kier molecular flexibility index (Phi) is 4.43. The molecule has 0 bridgehead atoms. The number of nitrogens with one attached hydrogen (secondary N) is 1. The summed E-state index contributed by atoms with van der Waals surface area (Å²) in [4.78, 5) is 4.43. The molecule has 0 fully saturated rings. The highest BCUT2D eigenvalue weighted by Gasteiger charge is 2.16. The molecule has 6 nitrogen and oxygen atoms in total. The molecule has 3 aromatic rings. The van der Waals surface area contributed by atoms with Crippen molar-refractivity contribution in [2.75, 3.05) is 14.2 Å². The van der Waals surface area contributed by atoms with Gasteiger partial charge in [-0.25, -0.2) is 9.37 Å². The van der Waals surface area contributed by atoms with Gasteiger partial charge in [-0.2, -0.15) is 5.10 Å². The molecule has 0 saturated carbocycles. The zero-order chi connectivity index (χ0) is 17.1. The molecule has 3 N–H and O–H groups in total. The summed E-state index contributed by atoms with van der Waals surface area (Å²) in [5, 5.41) is 7.03. The van der Waals surface area contributed by atoms with Crippen LogP contribution in [0.5, 0.6) is 11.5 Å². The summed E-state index contributed by atoms with van der Waals surface area (Å²) in [6, 6.07) is 10.8. The molecule has 3 rings (SSSR count). The van der Waals surface area contributed by atoms with Crippen LogP contribution in [0.25, 0.3) is 11.4 Å². The van der Waals surface area contributed by atoms with Gasteiger partial charge >= 0.3 is 0 Å². The molecule has 1 aromatic heterocycles. The topological polar surface area (TPSA) is 86.0 Å². The average Bonchev–Trinajstić information content (AvgIpc) is 3.11. The van der Waals surface area contributed by atoms with Gasteiger partial charge in [0, 0.05) is 5.56 Å². The van der Waals surface area contributed by atoms with Crippen molar-refractivity contribution in [3.8, 4) is 22.9 Å². The second-order valence-corrected chi connectivity index (χ2v) is 5.14. The third-order valence-electron chi connectivity index (χ3n) is 3.67. The molecule has 7 heteroatoms. The molecule has 0 saturated heterocycles. The summed E-state index contributed by atoms with van der Waals surface area (Å²) in [5.41, 5.74) is 7.67. The van der Waals surface area contributed by atoms with Crippen LogP contribution in [0.4, 0.5) is 4.39 Å². The van der Waals surface area contributed by atoms with Crippen LogP contribution in [0, 0.1) is 5.82 Å². The van der Waals surface area contributed by atoms with Crippen LogP contribution in [0.2, 0.25) is 0 Å². The van der Waals surface area contributed by atoms with E-state index in [2.05, 4.69) is 15.2 Å². The smallest absolute Gasteiger partial charge is 0.181 e. The molecule has 0 radical (unpaired) electrons. The zero-order valence-corrected chi connectivity index (χ0v) is 13.3.